The van der Waals surface area contributed by atoms with Gasteiger partial charge in [-0.2, -0.15) is 0 Å². The van der Waals surface area contributed by atoms with Crippen LogP contribution in [-0.4, -0.2) is 53.1 Å². The van der Waals surface area contributed by atoms with E-state index in [1.807, 2.05) is 31.2 Å². The van der Waals surface area contributed by atoms with Crippen molar-refractivity contribution in [2.24, 2.45) is 4.99 Å². The van der Waals surface area contributed by atoms with Crippen LogP contribution in [0.5, 0.6) is 5.75 Å². The van der Waals surface area contributed by atoms with Crippen molar-refractivity contribution < 1.29 is 14.2 Å². The molecule has 1 aromatic carbocycles. The molecule has 24 heavy (non-hydrogen) atoms. The lowest BCUT2D eigenvalue weighted by Crippen LogP contribution is -2.37. The van der Waals surface area contributed by atoms with E-state index in [4.69, 9.17) is 14.2 Å². The fraction of sp³-hybridized carbons (Fsp3) is 0.588. The zero-order chi connectivity index (χ0) is 16.8. The van der Waals surface area contributed by atoms with Gasteiger partial charge in [0.2, 0.25) is 0 Å². The first-order valence-corrected chi connectivity index (χ1v) is 8.03. The largest absolute Gasteiger partial charge is 0.491 e. The number of nitrogens with one attached hydrogen (secondary N) is 2. The van der Waals surface area contributed by atoms with Crippen LogP contribution in [0.25, 0.3) is 0 Å². The molecule has 0 saturated carbocycles. The van der Waals surface area contributed by atoms with Crippen LogP contribution in [0.4, 0.5) is 0 Å². The van der Waals surface area contributed by atoms with E-state index in [1.165, 1.54) is 5.56 Å². The summed E-state index contributed by atoms with van der Waals surface area (Å²) in [6.45, 7) is 6.24. The lowest BCUT2D eigenvalue weighted by molar-refractivity contribution is 0.145. The molecule has 1 aromatic rings. The van der Waals surface area contributed by atoms with Crippen LogP contribution in [-0.2, 0) is 16.0 Å². The molecule has 6 nitrogen and oxygen atoms in total. The third kappa shape index (κ3) is 10.7. The Morgan fingerprint density at radius 3 is 2.46 bits per heavy atom. The van der Waals surface area contributed by atoms with Gasteiger partial charge in [-0.25, -0.2) is 0 Å². The summed E-state index contributed by atoms with van der Waals surface area (Å²) < 4.78 is 15.8. The van der Waals surface area contributed by atoms with E-state index >= 15 is 0 Å². The predicted molar refractivity (Wildman–Crippen MR) is 109 cm³/mol. The molecular weight excluding hydrogens is 421 g/mol. The number of hydrogen-bond donors (Lipinski definition) is 2. The second-order valence-corrected chi connectivity index (χ2v) is 4.89. The van der Waals surface area contributed by atoms with Crippen LogP contribution < -0.4 is 15.4 Å². The van der Waals surface area contributed by atoms with Gasteiger partial charge in [0.15, 0.2) is 5.96 Å². The third-order valence-corrected chi connectivity index (χ3v) is 3.13. The summed E-state index contributed by atoms with van der Waals surface area (Å²) in [4.78, 5) is 4.20. The fourth-order valence-electron chi connectivity index (χ4n) is 1.88. The smallest absolute Gasteiger partial charge is 0.191 e. The zero-order valence-corrected chi connectivity index (χ0v) is 17.2. The van der Waals surface area contributed by atoms with E-state index in [1.54, 1.807) is 14.2 Å². The Balaban J connectivity index is 0.00000529. The highest BCUT2D eigenvalue weighted by Crippen LogP contribution is 2.11. The van der Waals surface area contributed by atoms with Crippen LogP contribution in [0.3, 0.4) is 0 Å². The SMILES string of the molecule is CCOCCCNC(=NC)NCc1ccc(OCCOC)cc1.I. The quantitative estimate of drug-likeness (QED) is 0.234. The van der Waals surface area contributed by atoms with Crippen molar-refractivity contribution in [3.63, 3.8) is 0 Å². The number of guanidine groups is 1. The van der Waals surface area contributed by atoms with Crippen LogP contribution in [0.1, 0.15) is 18.9 Å². The molecule has 1 rings (SSSR count). The molecule has 0 aliphatic heterocycles. The number of aliphatic imine (C=N–C) groups is 1. The molecule has 138 valence electrons. The van der Waals surface area contributed by atoms with Crippen LogP contribution in [0.2, 0.25) is 0 Å². The van der Waals surface area contributed by atoms with Gasteiger partial charge in [-0.15, -0.1) is 24.0 Å². The van der Waals surface area contributed by atoms with Crippen molar-refractivity contribution in [3.05, 3.63) is 29.8 Å². The van der Waals surface area contributed by atoms with Gasteiger partial charge in [-0.05, 0) is 31.0 Å². The van der Waals surface area contributed by atoms with E-state index in [9.17, 15) is 0 Å². The minimum Gasteiger partial charge on any atom is -0.491 e. The average Bonchev–Trinajstić information content (AvgIpc) is 2.59. The maximum Gasteiger partial charge on any atom is 0.191 e. The number of halogens is 1. The van der Waals surface area contributed by atoms with Gasteiger partial charge in [0, 0.05) is 40.5 Å². The fourth-order valence-corrected chi connectivity index (χ4v) is 1.88. The van der Waals surface area contributed by atoms with Gasteiger partial charge in [-0.3, -0.25) is 4.99 Å². The number of nitrogens with zero attached hydrogens (tertiary/aromatic N) is 1. The molecule has 0 radical (unpaired) electrons. The van der Waals surface area contributed by atoms with E-state index in [0.717, 1.165) is 37.9 Å². The molecule has 0 unspecified atom stereocenters. The molecule has 0 spiro atoms. The van der Waals surface area contributed by atoms with Crippen LogP contribution in [0.15, 0.2) is 29.3 Å². The molecule has 0 aromatic heterocycles. The summed E-state index contributed by atoms with van der Waals surface area (Å²) >= 11 is 0. The molecule has 0 saturated heterocycles. The summed E-state index contributed by atoms with van der Waals surface area (Å²) in [5.41, 5.74) is 1.17. The van der Waals surface area contributed by atoms with Gasteiger partial charge >= 0.3 is 0 Å². The first-order valence-electron chi connectivity index (χ1n) is 8.03. The number of rotatable bonds is 11. The van der Waals surface area contributed by atoms with Gasteiger partial charge in [-0.1, -0.05) is 12.1 Å². The van der Waals surface area contributed by atoms with Crippen molar-refractivity contribution >= 4 is 29.9 Å². The predicted octanol–water partition coefficient (Wildman–Crippen LogP) is 2.42. The molecule has 0 fully saturated rings. The molecule has 0 amide bonds. The average molecular weight is 451 g/mol. The highest BCUT2D eigenvalue weighted by Gasteiger charge is 1.99. The lowest BCUT2D eigenvalue weighted by Gasteiger charge is -2.12. The Bertz CT molecular complexity index is 441. The molecule has 0 aliphatic rings. The van der Waals surface area contributed by atoms with Gasteiger partial charge in [0.1, 0.15) is 12.4 Å². The van der Waals surface area contributed by atoms with E-state index < -0.39 is 0 Å². The molecule has 7 heteroatoms. The Morgan fingerprint density at radius 1 is 1.08 bits per heavy atom. The Morgan fingerprint density at radius 2 is 1.83 bits per heavy atom. The second-order valence-electron chi connectivity index (χ2n) is 4.89. The summed E-state index contributed by atoms with van der Waals surface area (Å²) in [7, 11) is 3.43. The molecule has 0 aliphatic carbocycles. The van der Waals surface area contributed by atoms with Crippen LogP contribution >= 0.6 is 24.0 Å². The first kappa shape index (κ1) is 22.9. The highest BCUT2D eigenvalue weighted by molar-refractivity contribution is 14.0. The van der Waals surface area contributed by atoms with Gasteiger partial charge in [0.25, 0.3) is 0 Å². The monoisotopic (exact) mass is 451 g/mol. The number of hydrogen-bond acceptors (Lipinski definition) is 4. The third-order valence-electron chi connectivity index (χ3n) is 3.13. The van der Waals surface area contributed by atoms with Crippen molar-refractivity contribution in [1.29, 1.82) is 0 Å². The second kappa shape index (κ2) is 15.5. The maximum absolute atomic E-state index is 5.54. The normalized spacial score (nSPS) is 10.9. The standard InChI is InChI=1S/C17H29N3O3.HI/c1-4-22-11-5-10-19-17(18-2)20-14-15-6-8-16(9-7-15)23-13-12-21-3;/h6-9H,4-5,10-14H2,1-3H3,(H2,18,19,20);1H. The van der Waals surface area contributed by atoms with Crippen molar-refractivity contribution in [3.8, 4) is 5.75 Å². The lowest BCUT2D eigenvalue weighted by atomic mass is 10.2. The van der Waals surface area contributed by atoms with E-state index in [2.05, 4.69) is 15.6 Å². The van der Waals surface area contributed by atoms with Gasteiger partial charge in [0.05, 0.1) is 6.61 Å². The summed E-state index contributed by atoms with van der Waals surface area (Å²) in [6.07, 6.45) is 0.960. The summed E-state index contributed by atoms with van der Waals surface area (Å²) in [5, 5.41) is 6.55. The molecule has 0 heterocycles. The zero-order valence-electron chi connectivity index (χ0n) is 14.8. The Kier molecular flexibility index (Phi) is 14.8. The highest BCUT2D eigenvalue weighted by atomic mass is 127. The molecular formula is C17H30IN3O3. The van der Waals surface area contributed by atoms with Crippen molar-refractivity contribution in [2.45, 2.75) is 19.9 Å². The van der Waals surface area contributed by atoms with E-state index in [0.29, 0.717) is 19.8 Å². The van der Waals surface area contributed by atoms with Crippen LogP contribution in [0, 0.1) is 0 Å². The Labute approximate surface area is 162 Å². The molecule has 2 N–H and O–H groups in total. The Hall–Kier alpha value is -1.06. The summed E-state index contributed by atoms with van der Waals surface area (Å²) in [5.74, 6) is 1.64. The first-order chi connectivity index (χ1) is 11.3. The van der Waals surface area contributed by atoms with Crippen molar-refractivity contribution in [1.82, 2.24) is 10.6 Å². The number of methoxy groups -OCH3 is 1. The number of benzene rings is 1. The minimum absolute atomic E-state index is 0. The maximum atomic E-state index is 5.54. The molecule has 0 bridgehead atoms. The van der Waals surface area contributed by atoms with E-state index in [-0.39, 0.29) is 24.0 Å². The molecule has 0 atom stereocenters. The minimum atomic E-state index is 0. The number of ether oxygens (including phenoxy) is 3. The van der Waals surface area contributed by atoms with Crippen molar-refractivity contribution in [2.75, 3.05) is 47.1 Å². The topological polar surface area (TPSA) is 64.1 Å². The van der Waals surface area contributed by atoms with Gasteiger partial charge < -0.3 is 24.8 Å². The summed E-state index contributed by atoms with van der Waals surface area (Å²) in [6, 6.07) is 8.00.